The number of nitrogens with zero attached hydrogens (tertiary/aromatic N) is 2. The Balaban J connectivity index is 1.69. The number of aryl methyl sites for hydroxylation is 1. The number of nitrogens with one attached hydrogen (secondary N) is 1. The van der Waals surface area contributed by atoms with E-state index in [-0.39, 0.29) is 17.2 Å². The van der Waals surface area contributed by atoms with Gasteiger partial charge in [0.05, 0.1) is 23.9 Å². The highest BCUT2D eigenvalue weighted by atomic mass is 19.4. The molecule has 1 atom stereocenters. The highest BCUT2D eigenvalue weighted by Gasteiger charge is 2.32. The number of phenolic OH excluding ortho intramolecular Hbond substituents is 1. The Bertz CT molecular complexity index is 971. The summed E-state index contributed by atoms with van der Waals surface area (Å²) >= 11 is 0. The van der Waals surface area contributed by atoms with Crippen LogP contribution in [0.15, 0.2) is 28.7 Å². The van der Waals surface area contributed by atoms with E-state index in [1.54, 1.807) is 12.1 Å². The Labute approximate surface area is 152 Å². The second-order valence-electron chi connectivity index (χ2n) is 6.43. The number of benzene rings is 1. The van der Waals surface area contributed by atoms with Crippen molar-refractivity contribution in [3.63, 3.8) is 0 Å². The number of pyridine rings is 1. The van der Waals surface area contributed by atoms with E-state index in [4.69, 9.17) is 9.15 Å². The van der Waals surface area contributed by atoms with Gasteiger partial charge < -0.3 is 19.6 Å². The summed E-state index contributed by atoms with van der Waals surface area (Å²) < 4.78 is 49.6. The van der Waals surface area contributed by atoms with E-state index in [2.05, 4.69) is 15.3 Å². The van der Waals surface area contributed by atoms with Crippen molar-refractivity contribution in [2.24, 2.45) is 0 Å². The topological polar surface area (TPSA) is 80.4 Å². The second-order valence-corrected chi connectivity index (χ2v) is 6.43. The SMILES string of the molecule is Cc1cc(C(F)(F)F)cc(O)c1-c1ccc2oc(N[C@@H]3CCOC3)nc2n1. The maximum Gasteiger partial charge on any atom is 0.416 e. The van der Waals surface area contributed by atoms with Gasteiger partial charge in [0.1, 0.15) is 5.75 Å². The van der Waals surface area contributed by atoms with Crippen LogP contribution in [0.2, 0.25) is 0 Å². The molecule has 2 aromatic heterocycles. The summed E-state index contributed by atoms with van der Waals surface area (Å²) in [6.07, 6.45) is -3.69. The van der Waals surface area contributed by atoms with Crippen molar-refractivity contribution >= 4 is 17.2 Å². The number of anilines is 1. The Morgan fingerprint density at radius 3 is 2.70 bits per heavy atom. The summed E-state index contributed by atoms with van der Waals surface area (Å²) in [6.45, 7) is 2.73. The quantitative estimate of drug-likeness (QED) is 0.713. The molecule has 0 radical (unpaired) electrons. The zero-order chi connectivity index (χ0) is 19.2. The van der Waals surface area contributed by atoms with Gasteiger partial charge in [-0.2, -0.15) is 18.2 Å². The third-order valence-electron chi connectivity index (χ3n) is 4.41. The molecule has 3 heterocycles. The van der Waals surface area contributed by atoms with Crippen LogP contribution in [0.1, 0.15) is 17.5 Å². The Kier molecular flexibility index (Phi) is 4.18. The van der Waals surface area contributed by atoms with Gasteiger partial charge in [0, 0.05) is 12.2 Å². The lowest BCUT2D eigenvalue weighted by atomic mass is 10.0. The molecule has 27 heavy (non-hydrogen) atoms. The van der Waals surface area contributed by atoms with E-state index in [1.807, 2.05) is 0 Å². The third kappa shape index (κ3) is 3.42. The van der Waals surface area contributed by atoms with Gasteiger partial charge in [0.15, 0.2) is 5.58 Å². The molecular formula is C18H16F3N3O3. The molecule has 4 rings (SSSR count). The van der Waals surface area contributed by atoms with Gasteiger partial charge in [-0.05, 0) is 43.2 Å². The first-order valence-corrected chi connectivity index (χ1v) is 8.34. The lowest BCUT2D eigenvalue weighted by Crippen LogP contribution is -2.18. The number of fused-ring (bicyclic) bond motifs is 1. The summed E-state index contributed by atoms with van der Waals surface area (Å²) in [5, 5.41) is 13.3. The van der Waals surface area contributed by atoms with Gasteiger partial charge in [-0.25, -0.2) is 4.98 Å². The fourth-order valence-electron chi connectivity index (χ4n) is 3.11. The summed E-state index contributed by atoms with van der Waals surface area (Å²) in [7, 11) is 0. The number of halogens is 3. The van der Waals surface area contributed by atoms with Crippen LogP contribution in [0, 0.1) is 6.92 Å². The van der Waals surface area contributed by atoms with Crippen molar-refractivity contribution in [3.8, 4) is 17.0 Å². The molecule has 0 aliphatic carbocycles. The number of rotatable bonds is 3. The van der Waals surface area contributed by atoms with Gasteiger partial charge >= 0.3 is 6.18 Å². The predicted molar refractivity (Wildman–Crippen MR) is 91.5 cm³/mol. The minimum Gasteiger partial charge on any atom is -0.507 e. The zero-order valence-corrected chi connectivity index (χ0v) is 14.3. The number of aromatic hydroxyl groups is 1. The number of ether oxygens (including phenoxy) is 1. The van der Waals surface area contributed by atoms with Crippen molar-refractivity contribution in [3.05, 3.63) is 35.4 Å². The maximum absolute atomic E-state index is 12.9. The van der Waals surface area contributed by atoms with E-state index in [0.717, 1.165) is 12.5 Å². The van der Waals surface area contributed by atoms with E-state index >= 15 is 0 Å². The highest BCUT2D eigenvalue weighted by Crippen LogP contribution is 2.38. The Morgan fingerprint density at radius 2 is 2.04 bits per heavy atom. The molecule has 1 aliphatic heterocycles. The zero-order valence-electron chi connectivity index (χ0n) is 14.3. The third-order valence-corrected chi connectivity index (χ3v) is 4.41. The summed E-state index contributed by atoms with van der Waals surface area (Å²) in [6, 6.07) is 5.29. The molecule has 1 aromatic carbocycles. The molecule has 0 saturated carbocycles. The van der Waals surface area contributed by atoms with E-state index in [0.29, 0.717) is 42.2 Å². The summed E-state index contributed by atoms with van der Waals surface area (Å²) in [4.78, 5) is 8.61. The van der Waals surface area contributed by atoms with Crippen LogP contribution >= 0.6 is 0 Å². The molecule has 142 valence electrons. The number of alkyl halides is 3. The first kappa shape index (κ1) is 17.6. The molecule has 1 fully saturated rings. The van der Waals surface area contributed by atoms with Crippen LogP contribution in [0.25, 0.3) is 22.5 Å². The average Bonchev–Trinajstić information content (AvgIpc) is 3.22. The molecule has 1 aliphatic rings. The summed E-state index contributed by atoms with van der Waals surface area (Å²) in [5.41, 5.74) is 0.631. The maximum atomic E-state index is 12.9. The molecule has 6 nitrogen and oxygen atoms in total. The predicted octanol–water partition coefficient (Wildman–Crippen LogP) is 4.12. The van der Waals surface area contributed by atoms with Crippen molar-refractivity contribution in [1.82, 2.24) is 9.97 Å². The standard InChI is InChI=1S/C18H16F3N3O3/c1-9-6-10(18(19,20)21)7-13(25)15(9)12-2-3-14-16(23-12)24-17(27-14)22-11-4-5-26-8-11/h2-3,6-7,11,25H,4-5,8H2,1H3,(H,22,23,24)/t11-/m1/s1. The lowest BCUT2D eigenvalue weighted by molar-refractivity contribution is -0.137. The van der Waals surface area contributed by atoms with Crippen LogP contribution in [-0.4, -0.2) is 34.3 Å². The van der Waals surface area contributed by atoms with Gasteiger partial charge in [-0.1, -0.05) is 0 Å². The van der Waals surface area contributed by atoms with E-state index in [1.165, 1.54) is 6.92 Å². The number of phenols is 1. The molecule has 0 bridgehead atoms. The minimum absolute atomic E-state index is 0.110. The fourth-order valence-corrected chi connectivity index (χ4v) is 3.11. The normalized spacial score (nSPS) is 17.6. The molecule has 0 amide bonds. The Morgan fingerprint density at radius 1 is 1.22 bits per heavy atom. The van der Waals surface area contributed by atoms with Crippen molar-refractivity contribution in [1.29, 1.82) is 0 Å². The second kappa shape index (κ2) is 6.41. The van der Waals surface area contributed by atoms with Crippen LogP contribution in [0.4, 0.5) is 19.2 Å². The molecule has 3 aromatic rings. The number of hydrogen-bond donors (Lipinski definition) is 2. The summed E-state index contributed by atoms with van der Waals surface area (Å²) in [5.74, 6) is -0.487. The van der Waals surface area contributed by atoms with Gasteiger partial charge in [0.2, 0.25) is 5.65 Å². The van der Waals surface area contributed by atoms with Crippen LogP contribution in [0.5, 0.6) is 5.75 Å². The number of aromatic nitrogens is 2. The molecule has 9 heteroatoms. The number of hydrogen-bond acceptors (Lipinski definition) is 6. The average molecular weight is 379 g/mol. The highest BCUT2D eigenvalue weighted by molar-refractivity contribution is 5.78. The monoisotopic (exact) mass is 379 g/mol. The van der Waals surface area contributed by atoms with E-state index in [9.17, 15) is 18.3 Å². The molecule has 0 unspecified atom stereocenters. The first-order valence-electron chi connectivity index (χ1n) is 8.34. The minimum atomic E-state index is -4.53. The van der Waals surface area contributed by atoms with Gasteiger partial charge in [-0.3, -0.25) is 0 Å². The Hall–Kier alpha value is -2.81. The van der Waals surface area contributed by atoms with Gasteiger partial charge in [0.25, 0.3) is 6.01 Å². The van der Waals surface area contributed by atoms with Crippen LogP contribution in [-0.2, 0) is 10.9 Å². The molecular weight excluding hydrogens is 363 g/mol. The molecule has 2 N–H and O–H groups in total. The number of oxazole rings is 1. The largest absolute Gasteiger partial charge is 0.507 e. The molecule has 0 spiro atoms. The van der Waals surface area contributed by atoms with Crippen LogP contribution < -0.4 is 5.32 Å². The smallest absolute Gasteiger partial charge is 0.416 e. The fraction of sp³-hybridized carbons (Fsp3) is 0.333. The van der Waals surface area contributed by atoms with Crippen molar-refractivity contribution in [2.45, 2.75) is 25.6 Å². The first-order chi connectivity index (χ1) is 12.8. The van der Waals surface area contributed by atoms with Crippen molar-refractivity contribution in [2.75, 3.05) is 18.5 Å². The van der Waals surface area contributed by atoms with Gasteiger partial charge in [-0.15, -0.1) is 0 Å². The van der Waals surface area contributed by atoms with Crippen LogP contribution in [0.3, 0.4) is 0 Å². The lowest BCUT2D eigenvalue weighted by Gasteiger charge is -2.13. The van der Waals surface area contributed by atoms with E-state index < -0.39 is 17.5 Å². The molecule has 1 saturated heterocycles. The van der Waals surface area contributed by atoms with Crippen molar-refractivity contribution < 1.29 is 27.4 Å².